The van der Waals surface area contributed by atoms with Crippen LogP contribution < -0.4 is 10.1 Å². The van der Waals surface area contributed by atoms with E-state index in [2.05, 4.69) is 12.2 Å². The third kappa shape index (κ3) is 5.26. The van der Waals surface area contributed by atoms with Crippen molar-refractivity contribution in [1.29, 1.82) is 0 Å². The first kappa shape index (κ1) is 22.6. The number of para-hydroxylation sites is 1. The molecule has 168 valence electrons. The summed E-state index contributed by atoms with van der Waals surface area (Å²) < 4.78 is 11.6. The minimum Gasteiger partial charge on any atom is -0.494 e. The van der Waals surface area contributed by atoms with Crippen molar-refractivity contribution in [2.24, 2.45) is 0 Å². The van der Waals surface area contributed by atoms with Crippen molar-refractivity contribution in [2.45, 2.75) is 26.2 Å². The topological polar surface area (TPSA) is 68.5 Å². The highest BCUT2D eigenvalue weighted by atomic mass is 35.5. The van der Waals surface area contributed by atoms with Gasteiger partial charge in [0.25, 0.3) is 5.91 Å². The Bertz CT molecular complexity index is 1260. The fourth-order valence-electron chi connectivity index (χ4n) is 3.49. The van der Waals surface area contributed by atoms with E-state index in [9.17, 15) is 9.59 Å². The quantitative estimate of drug-likeness (QED) is 0.212. The molecular weight excluding hydrogens is 438 g/mol. The van der Waals surface area contributed by atoms with E-state index >= 15 is 0 Å². The summed E-state index contributed by atoms with van der Waals surface area (Å²) in [4.78, 5) is 26.2. The summed E-state index contributed by atoms with van der Waals surface area (Å²) in [6.45, 7) is 2.79. The lowest BCUT2D eigenvalue weighted by Gasteiger charge is -2.08. The highest BCUT2D eigenvalue weighted by Gasteiger charge is 2.23. The minimum atomic E-state index is -0.343. The number of unbranched alkanes of at least 4 members (excludes halogenated alkanes) is 2. The van der Waals surface area contributed by atoms with E-state index in [0.29, 0.717) is 39.4 Å². The number of furan rings is 1. The van der Waals surface area contributed by atoms with Crippen LogP contribution in [0.25, 0.3) is 11.0 Å². The summed E-state index contributed by atoms with van der Waals surface area (Å²) in [5.74, 6) is 0.107. The molecule has 0 atom stereocenters. The van der Waals surface area contributed by atoms with Gasteiger partial charge in [0.05, 0.1) is 12.3 Å². The summed E-state index contributed by atoms with van der Waals surface area (Å²) in [6.07, 6.45) is 3.25. The Morgan fingerprint density at radius 2 is 1.61 bits per heavy atom. The van der Waals surface area contributed by atoms with Crippen LogP contribution in [0, 0.1) is 0 Å². The summed E-state index contributed by atoms with van der Waals surface area (Å²) in [7, 11) is 0. The Kier molecular flexibility index (Phi) is 7.10. The number of carbonyl (C=O) groups is 2. The molecule has 1 N–H and O–H groups in total. The fourth-order valence-corrected chi connectivity index (χ4v) is 3.62. The van der Waals surface area contributed by atoms with Crippen LogP contribution in [0.1, 0.15) is 52.7 Å². The molecule has 0 aliphatic rings. The molecule has 5 nitrogen and oxygen atoms in total. The maximum absolute atomic E-state index is 13.2. The lowest BCUT2D eigenvalue weighted by molar-refractivity contribution is 0.101. The van der Waals surface area contributed by atoms with Crippen molar-refractivity contribution in [3.63, 3.8) is 0 Å². The third-order valence-corrected chi connectivity index (χ3v) is 5.53. The molecule has 0 spiro atoms. The van der Waals surface area contributed by atoms with E-state index in [4.69, 9.17) is 20.8 Å². The summed E-state index contributed by atoms with van der Waals surface area (Å²) >= 11 is 5.95. The van der Waals surface area contributed by atoms with Gasteiger partial charge in [-0.3, -0.25) is 9.59 Å². The Morgan fingerprint density at radius 1 is 0.909 bits per heavy atom. The molecule has 0 saturated carbocycles. The van der Waals surface area contributed by atoms with Crippen LogP contribution in [0.2, 0.25) is 5.02 Å². The van der Waals surface area contributed by atoms with Crippen LogP contribution >= 0.6 is 11.6 Å². The number of benzene rings is 3. The van der Waals surface area contributed by atoms with Crippen LogP contribution in [0.4, 0.5) is 5.69 Å². The van der Waals surface area contributed by atoms with Crippen LogP contribution in [-0.4, -0.2) is 18.3 Å². The molecule has 0 aliphatic heterocycles. The zero-order valence-electron chi connectivity index (χ0n) is 18.3. The van der Waals surface area contributed by atoms with Gasteiger partial charge in [0.15, 0.2) is 5.76 Å². The second kappa shape index (κ2) is 10.4. The molecule has 1 amide bonds. The molecule has 4 rings (SSSR count). The number of hydrogen-bond donors (Lipinski definition) is 1. The molecule has 1 heterocycles. The van der Waals surface area contributed by atoms with Crippen molar-refractivity contribution < 1.29 is 18.7 Å². The zero-order valence-corrected chi connectivity index (χ0v) is 19.0. The van der Waals surface area contributed by atoms with E-state index in [0.717, 1.165) is 25.0 Å². The second-order valence-corrected chi connectivity index (χ2v) is 8.11. The lowest BCUT2D eigenvalue weighted by Crippen LogP contribution is -2.14. The van der Waals surface area contributed by atoms with Gasteiger partial charge in [0.1, 0.15) is 11.3 Å². The Morgan fingerprint density at radius 3 is 2.33 bits per heavy atom. The summed E-state index contributed by atoms with van der Waals surface area (Å²) in [6, 6.07) is 20.7. The highest BCUT2D eigenvalue weighted by Crippen LogP contribution is 2.33. The van der Waals surface area contributed by atoms with Crippen molar-refractivity contribution in [3.05, 3.63) is 94.7 Å². The van der Waals surface area contributed by atoms with Crippen LogP contribution in [0.3, 0.4) is 0 Å². The average Bonchev–Trinajstić information content (AvgIpc) is 3.20. The van der Waals surface area contributed by atoms with E-state index in [1.165, 1.54) is 0 Å². The number of fused-ring (bicyclic) bond motifs is 1. The smallest absolute Gasteiger partial charge is 0.255 e. The van der Waals surface area contributed by atoms with Crippen molar-refractivity contribution in [1.82, 2.24) is 0 Å². The van der Waals surface area contributed by atoms with Gasteiger partial charge < -0.3 is 14.5 Å². The molecule has 0 saturated heterocycles. The second-order valence-electron chi connectivity index (χ2n) is 7.67. The van der Waals surface area contributed by atoms with E-state index in [1.54, 1.807) is 60.7 Å². The number of hydrogen-bond acceptors (Lipinski definition) is 4. The molecule has 4 aromatic rings. The van der Waals surface area contributed by atoms with Gasteiger partial charge in [-0.2, -0.15) is 0 Å². The van der Waals surface area contributed by atoms with Gasteiger partial charge in [-0.15, -0.1) is 0 Å². The van der Waals surface area contributed by atoms with Crippen molar-refractivity contribution in [2.75, 3.05) is 11.9 Å². The molecule has 33 heavy (non-hydrogen) atoms. The minimum absolute atomic E-state index is 0.0720. The Hall–Kier alpha value is -3.57. The molecule has 0 unspecified atom stereocenters. The molecule has 0 aliphatic carbocycles. The zero-order chi connectivity index (χ0) is 23.2. The van der Waals surface area contributed by atoms with Gasteiger partial charge in [0, 0.05) is 21.5 Å². The predicted molar refractivity (Wildman–Crippen MR) is 131 cm³/mol. The van der Waals surface area contributed by atoms with Gasteiger partial charge in [-0.25, -0.2) is 0 Å². The van der Waals surface area contributed by atoms with Gasteiger partial charge in [-0.05, 0) is 67.1 Å². The molecule has 0 bridgehead atoms. The van der Waals surface area contributed by atoms with Crippen LogP contribution in [-0.2, 0) is 0 Å². The predicted octanol–water partition coefficient (Wildman–Crippen LogP) is 7.14. The maximum Gasteiger partial charge on any atom is 0.255 e. The largest absolute Gasteiger partial charge is 0.494 e. The van der Waals surface area contributed by atoms with E-state index < -0.39 is 0 Å². The molecule has 0 radical (unpaired) electrons. The maximum atomic E-state index is 13.2. The lowest BCUT2D eigenvalue weighted by atomic mass is 10.1. The standard InChI is InChI=1S/C27H24ClNO4/c1-2-3-6-17-32-21-15-11-19(12-16-21)27(31)29-24-22-7-4-5-8-23(22)33-26(24)25(30)18-9-13-20(28)14-10-18/h4-5,7-16H,2-3,6,17H2,1H3,(H,29,31). The number of carbonyl (C=O) groups excluding carboxylic acids is 2. The Labute approximate surface area is 197 Å². The summed E-state index contributed by atoms with van der Waals surface area (Å²) in [5, 5.41) is 4.05. The van der Waals surface area contributed by atoms with Gasteiger partial charge >= 0.3 is 0 Å². The highest BCUT2D eigenvalue weighted by molar-refractivity contribution is 6.30. The number of ether oxygens (including phenoxy) is 1. The molecule has 1 aromatic heterocycles. The van der Waals surface area contributed by atoms with Crippen molar-refractivity contribution in [3.8, 4) is 5.75 Å². The first-order chi connectivity index (χ1) is 16.1. The summed E-state index contributed by atoms with van der Waals surface area (Å²) in [5.41, 5.74) is 1.72. The fraction of sp³-hybridized carbons (Fsp3) is 0.185. The number of anilines is 1. The van der Waals surface area contributed by atoms with Gasteiger partial charge in [0.2, 0.25) is 5.78 Å². The molecular formula is C27H24ClNO4. The number of amides is 1. The molecule has 3 aromatic carbocycles. The first-order valence-electron chi connectivity index (χ1n) is 10.9. The number of ketones is 1. The van der Waals surface area contributed by atoms with Crippen LogP contribution in [0.5, 0.6) is 5.75 Å². The Balaban J connectivity index is 1.57. The third-order valence-electron chi connectivity index (χ3n) is 5.28. The van der Waals surface area contributed by atoms with Gasteiger partial charge in [-0.1, -0.05) is 43.5 Å². The van der Waals surface area contributed by atoms with E-state index in [-0.39, 0.29) is 17.5 Å². The number of halogens is 1. The SMILES string of the molecule is CCCCCOc1ccc(C(=O)Nc2c(C(=O)c3ccc(Cl)cc3)oc3ccccc23)cc1. The normalized spacial score (nSPS) is 10.8. The van der Waals surface area contributed by atoms with Crippen molar-refractivity contribution >= 4 is 39.9 Å². The van der Waals surface area contributed by atoms with E-state index in [1.807, 2.05) is 12.1 Å². The first-order valence-corrected chi connectivity index (χ1v) is 11.3. The molecule has 0 fully saturated rings. The average molecular weight is 462 g/mol. The van der Waals surface area contributed by atoms with Crippen LogP contribution in [0.15, 0.2) is 77.2 Å². The number of nitrogens with one attached hydrogen (secondary N) is 1. The monoisotopic (exact) mass is 461 g/mol. The number of rotatable bonds is 9. The molecule has 6 heteroatoms.